The molecule has 0 bridgehead atoms. The fraction of sp³-hybridized carbons (Fsp3) is 0.625. The van der Waals surface area contributed by atoms with Crippen molar-refractivity contribution in [3.05, 3.63) is 16.6 Å². The summed E-state index contributed by atoms with van der Waals surface area (Å²) >= 11 is 0. The van der Waals surface area contributed by atoms with Crippen LogP contribution in [0.1, 0.15) is 0 Å². The van der Waals surface area contributed by atoms with Crippen molar-refractivity contribution >= 4 is 18.4 Å². The molecular weight excluding hydrogens is 218 g/mol. The summed E-state index contributed by atoms with van der Waals surface area (Å²) in [4.78, 5) is 13.2. The van der Waals surface area contributed by atoms with Crippen LogP contribution in [-0.4, -0.2) is 46.8 Å². The summed E-state index contributed by atoms with van der Waals surface area (Å²) in [7, 11) is 5.63. The van der Waals surface area contributed by atoms with E-state index in [1.165, 1.54) is 10.8 Å². The van der Waals surface area contributed by atoms with Gasteiger partial charge in [-0.3, -0.25) is 9.36 Å². The van der Waals surface area contributed by atoms with Gasteiger partial charge < -0.3 is 10.2 Å². The van der Waals surface area contributed by atoms with E-state index in [1.54, 1.807) is 7.05 Å². The Morgan fingerprint density at radius 2 is 2.20 bits per heavy atom. The highest BCUT2D eigenvalue weighted by molar-refractivity contribution is 5.85. The number of nitrogens with zero attached hydrogens (tertiary/aromatic N) is 4. The number of aromatic nitrogens is 3. The van der Waals surface area contributed by atoms with Gasteiger partial charge in [-0.2, -0.15) is 0 Å². The van der Waals surface area contributed by atoms with Crippen molar-refractivity contribution in [3.63, 3.8) is 0 Å². The topological polar surface area (TPSA) is 63.0 Å². The van der Waals surface area contributed by atoms with Crippen molar-refractivity contribution in [2.24, 2.45) is 7.05 Å². The Labute approximate surface area is 94.7 Å². The minimum atomic E-state index is -0.160. The summed E-state index contributed by atoms with van der Waals surface area (Å²) in [5.74, 6) is 0.499. The van der Waals surface area contributed by atoms with Crippen LogP contribution in [0.25, 0.3) is 0 Å². The summed E-state index contributed by atoms with van der Waals surface area (Å²) in [5, 5.41) is 10.4. The lowest BCUT2D eigenvalue weighted by Gasteiger charge is -2.11. The first-order valence-electron chi connectivity index (χ1n) is 4.38. The number of hydrogen-bond donors (Lipinski definition) is 1. The molecule has 0 aliphatic heterocycles. The lowest BCUT2D eigenvalue weighted by atomic mass is 10.6. The van der Waals surface area contributed by atoms with Gasteiger partial charge in [0.25, 0.3) is 5.56 Å². The number of hydrogen-bond acceptors (Lipinski definition) is 5. The molecule has 0 unspecified atom stereocenters. The monoisotopic (exact) mass is 233 g/mol. The smallest absolute Gasteiger partial charge is 0.273 e. The number of halogens is 1. The minimum Gasteiger partial charge on any atom is -0.353 e. The quantitative estimate of drug-likeness (QED) is 0.765. The molecule has 0 saturated carbocycles. The Morgan fingerprint density at radius 1 is 1.53 bits per heavy atom. The molecule has 7 heteroatoms. The predicted molar refractivity (Wildman–Crippen MR) is 61.6 cm³/mol. The normalized spacial score (nSPS) is 9.87. The van der Waals surface area contributed by atoms with E-state index in [0.29, 0.717) is 5.95 Å². The largest absolute Gasteiger partial charge is 0.353 e. The molecule has 0 aliphatic carbocycles. The maximum Gasteiger partial charge on any atom is 0.273 e. The summed E-state index contributed by atoms with van der Waals surface area (Å²) in [6, 6.07) is 0. The van der Waals surface area contributed by atoms with Crippen molar-refractivity contribution in [2.45, 2.75) is 0 Å². The van der Waals surface area contributed by atoms with Crippen LogP contribution in [0.5, 0.6) is 0 Å². The summed E-state index contributed by atoms with van der Waals surface area (Å²) in [5.41, 5.74) is -0.160. The van der Waals surface area contributed by atoms with E-state index in [4.69, 9.17) is 0 Å². The second kappa shape index (κ2) is 6.36. The molecule has 0 saturated heterocycles. The number of likely N-dealkylation sites (N-methyl/N-ethyl adjacent to an activating group) is 1. The number of rotatable bonds is 4. The Bertz CT molecular complexity index is 351. The van der Waals surface area contributed by atoms with Gasteiger partial charge in [-0.15, -0.1) is 22.6 Å². The van der Waals surface area contributed by atoms with Gasteiger partial charge in [-0.25, -0.2) is 0 Å². The third-order valence-corrected chi connectivity index (χ3v) is 1.81. The van der Waals surface area contributed by atoms with Gasteiger partial charge in [0, 0.05) is 20.1 Å². The first-order chi connectivity index (χ1) is 6.61. The van der Waals surface area contributed by atoms with Gasteiger partial charge in [0.2, 0.25) is 5.95 Å². The first-order valence-corrected chi connectivity index (χ1v) is 4.38. The van der Waals surface area contributed by atoms with Gasteiger partial charge in [0.1, 0.15) is 6.20 Å². The Kier molecular flexibility index (Phi) is 5.88. The van der Waals surface area contributed by atoms with Gasteiger partial charge >= 0.3 is 0 Å². The van der Waals surface area contributed by atoms with Crippen LogP contribution in [0.2, 0.25) is 0 Å². The van der Waals surface area contributed by atoms with Crippen molar-refractivity contribution in [1.82, 2.24) is 19.7 Å². The molecule has 0 radical (unpaired) electrons. The molecule has 6 nitrogen and oxygen atoms in total. The van der Waals surface area contributed by atoms with Crippen LogP contribution in [0.15, 0.2) is 11.0 Å². The zero-order valence-corrected chi connectivity index (χ0v) is 9.91. The molecule has 1 N–H and O–H groups in total. The van der Waals surface area contributed by atoms with Crippen molar-refractivity contribution < 1.29 is 0 Å². The average molecular weight is 234 g/mol. The number of anilines is 1. The van der Waals surface area contributed by atoms with E-state index in [2.05, 4.69) is 15.5 Å². The molecule has 0 aliphatic rings. The van der Waals surface area contributed by atoms with Crippen molar-refractivity contribution in [2.75, 3.05) is 32.5 Å². The Hall–Kier alpha value is -1.14. The van der Waals surface area contributed by atoms with Gasteiger partial charge in [-0.05, 0) is 14.1 Å². The summed E-state index contributed by atoms with van der Waals surface area (Å²) in [6.45, 7) is 1.61. The van der Waals surface area contributed by atoms with Crippen LogP contribution in [-0.2, 0) is 7.05 Å². The van der Waals surface area contributed by atoms with Crippen LogP contribution >= 0.6 is 12.4 Å². The zero-order chi connectivity index (χ0) is 10.6. The molecule has 1 rings (SSSR count). The highest BCUT2D eigenvalue weighted by Crippen LogP contribution is 1.92. The van der Waals surface area contributed by atoms with Crippen LogP contribution < -0.4 is 10.9 Å². The molecular formula is C8H16ClN5O. The van der Waals surface area contributed by atoms with E-state index in [0.717, 1.165) is 13.1 Å². The van der Waals surface area contributed by atoms with E-state index < -0.39 is 0 Å². The zero-order valence-electron chi connectivity index (χ0n) is 9.10. The van der Waals surface area contributed by atoms with Crippen molar-refractivity contribution in [1.29, 1.82) is 0 Å². The molecule has 0 atom stereocenters. The van der Waals surface area contributed by atoms with E-state index in [9.17, 15) is 4.79 Å². The Balaban J connectivity index is 0.00000196. The highest BCUT2D eigenvalue weighted by atomic mass is 35.5. The highest BCUT2D eigenvalue weighted by Gasteiger charge is 2.00. The minimum absolute atomic E-state index is 0. The van der Waals surface area contributed by atoms with E-state index in [1.807, 2.05) is 19.0 Å². The average Bonchev–Trinajstić information content (AvgIpc) is 2.12. The second-order valence-corrected chi connectivity index (χ2v) is 3.30. The SMILES string of the molecule is CN(C)CCNc1nncc(=O)n1C.Cl. The molecule has 1 aromatic heterocycles. The standard InChI is InChI=1S/C8H15N5O.ClH/c1-12(2)5-4-9-8-11-10-6-7(14)13(8)3;/h6H,4-5H2,1-3H3,(H,9,11);1H. The Morgan fingerprint density at radius 3 is 2.80 bits per heavy atom. The second-order valence-electron chi connectivity index (χ2n) is 3.30. The van der Waals surface area contributed by atoms with Crippen LogP contribution in [0.3, 0.4) is 0 Å². The van der Waals surface area contributed by atoms with E-state index >= 15 is 0 Å². The fourth-order valence-electron chi connectivity index (χ4n) is 0.936. The van der Waals surface area contributed by atoms with Crippen LogP contribution in [0, 0.1) is 0 Å². The maximum atomic E-state index is 11.1. The molecule has 0 fully saturated rings. The van der Waals surface area contributed by atoms with Crippen molar-refractivity contribution in [3.8, 4) is 0 Å². The maximum absolute atomic E-state index is 11.1. The molecule has 0 spiro atoms. The third kappa shape index (κ3) is 4.26. The molecule has 15 heavy (non-hydrogen) atoms. The summed E-state index contributed by atoms with van der Waals surface area (Å²) < 4.78 is 1.43. The first kappa shape index (κ1) is 13.9. The molecule has 1 aromatic rings. The lowest BCUT2D eigenvalue weighted by molar-refractivity contribution is 0.424. The van der Waals surface area contributed by atoms with Gasteiger partial charge in [-0.1, -0.05) is 0 Å². The molecule has 86 valence electrons. The van der Waals surface area contributed by atoms with E-state index in [-0.39, 0.29) is 18.0 Å². The lowest BCUT2D eigenvalue weighted by Crippen LogP contribution is -2.26. The molecule has 0 aromatic carbocycles. The predicted octanol–water partition coefficient (Wildman–Crippen LogP) is -0.429. The third-order valence-electron chi connectivity index (χ3n) is 1.81. The van der Waals surface area contributed by atoms with Gasteiger partial charge in [0.05, 0.1) is 0 Å². The molecule has 1 heterocycles. The fourth-order valence-corrected chi connectivity index (χ4v) is 0.936. The number of nitrogens with one attached hydrogen (secondary N) is 1. The van der Waals surface area contributed by atoms with Gasteiger partial charge in [0.15, 0.2) is 0 Å². The molecule has 0 amide bonds. The summed E-state index contributed by atoms with van der Waals surface area (Å²) in [6.07, 6.45) is 1.19. The van der Waals surface area contributed by atoms with Crippen LogP contribution in [0.4, 0.5) is 5.95 Å².